The summed E-state index contributed by atoms with van der Waals surface area (Å²) in [5.41, 5.74) is 7.31. The summed E-state index contributed by atoms with van der Waals surface area (Å²) in [6.07, 6.45) is 0. The van der Waals surface area contributed by atoms with Gasteiger partial charge in [0, 0.05) is 29.9 Å². The minimum Gasteiger partial charge on any atom is -0.508 e. The van der Waals surface area contributed by atoms with Gasteiger partial charge in [0.1, 0.15) is 22.1 Å². The number of nitrogens with zero attached hydrogens (tertiary/aromatic N) is 2. The normalized spacial score (nSPS) is 12.2. The number of aromatic nitrogens is 1. The van der Waals surface area contributed by atoms with Gasteiger partial charge in [0.2, 0.25) is 0 Å². The molecule has 0 bridgehead atoms. The number of phenols is 1. The molecule has 0 spiro atoms. The van der Waals surface area contributed by atoms with Gasteiger partial charge in [0.15, 0.2) is 0 Å². The van der Waals surface area contributed by atoms with Crippen LogP contribution in [0.15, 0.2) is 64.4 Å². The van der Waals surface area contributed by atoms with Gasteiger partial charge in [-0.1, -0.05) is 32.0 Å². The van der Waals surface area contributed by atoms with Gasteiger partial charge in [-0.2, -0.15) is 0 Å². The molecule has 0 fully saturated rings. The van der Waals surface area contributed by atoms with Crippen molar-refractivity contribution in [3.63, 3.8) is 0 Å². The second-order valence-corrected chi connectivity index (χ2v) is 8.22. The van der Waals surface area contributed by atoms with Crippen molar-refractivity contribution in [2.45, 2.75) is 13.8 Å². The molecule has 0 saturated heterocycles. The first-order chi connectivity index (χ1) is 13.8. The van der Waals surface area contributed by atoms with E-state index in [1.54, 1.807) is 24.3 Å². The van der Waals surface area contributed by atoms with Crippen LogP contribution in [0.1, 0.15) is 19.4 Å². The Balaban J connectivity index is 2.12. The van der Waals surface area contributed by atoms with E-state index < -0.39 is 5.41 Å². The molecule has 29 heavy (non-hydrogen) atoms. The number of hydrogen-bond acceptors (Lipinski definition) is 6. The van der Waals surface area contributed by atoms with E-state index in [1.807, 2.05) is 49.1 Å². The highest BCUT2D eigenvalue weighted by atomic mass is 32.1. The molecule has 7 nitrogen and oxygen atoms in total. The molecule has 2 aromatic carbocycles. The van der Waals surface area contributed by atoms with Crippen LogP contribution in [0, 0.1) is 5.41 Å². The maximum absolute atomic E-state index is 12.6. The fourth-order valence-electron chi connectivity index (χ4n) is 2.67. The van der Waals surface area contributed by atoms with Gasteiger partial charge in [-0.3, -0.25) is 19.1 Å². The first-order valence-electron chi connectivity index (χ1n) is 9.09. The fourth-order valence-corrected chi connectivity index (χ4v) is 3.56. The van der Waals surface area contributed by atoms with Crippen molar-refractivity contribution in [2.24, 2.45) is 16.1 Å². The molecule has 0 aliphatic heterocycles. The van der Waals surface area contributed by atoms with Gasteiger partial charge in [-0.05, 0) is 47.9 Å². The number of benzene rings is 2. The lowest BCUT2D eigenvalue weighted by molar-refractivity contribution is 0.167. The van der Waals surface area contributed by atoms with Crippen molar-refractivity contribution in [1.82, 2.24) is 4.37 Å². The van der Waals surface area contributed by atoms with Gasteiger partial charge in [0.25, 0.3) is 5.56 Å². The van der Waals surface area contributed by atoms with E-state index in [0.717, 1.165) is 22.9 Å². The number of aromatic amines is 1. The number of phenolic OH excluding ortho intramolecular Hbond substituents is 1. The third kappa shape index (κ3) is 4.67. The van der Waals surface area contributed by atoms with Crippen LogP contribution in [0.5, 0.6) is 5.75 Å². The average Bonchev–Trinajstić information content (AvgIpc) is 3.10. The Hall–Kier alpha value is -3.10. The summed E-state index contributed by atoms with van der Waals surface area (Å²) in [7, 11) is 0. The van der Waals surface area contributed by atoms with Crippen molar-refractivity contribution in [3.05, 3.63) is 70.5 Å². The van der Waals surface area contributed by atoms with E-state index >= 15 is 0 Å². The predicted molar refractivity (Wildman–Crippen MR) is 118 cm³/mol. The van der Waals surface area contributed by atoms with Crippen LogP contribution in [0.3, 0.4) is 0 Å². The zero-order valence-corrected chi connectivity index (χ0v) is 17.1. The van der Waals surface area contributed by atoms with Gasteiger partial charge in [0.05, 0.1) is 0 Å². The van der Waals surface area contributed by atoms with E-state index in [-0.39, 0.29) is 35.9 Å². The Morgan fingerprint density at radius 3 is 2.38 bits per heavy atom. The maximum Gasteiger partial charge on any atom is 0.271 e. The minimum atomic E-state index is -0.441. The Morgan fingerprint density at radius 1 is 1.14 bits per heavy atom. The van der Waals surface area contributed by atoms with Crippen molar-refractivity contribution < 1.29 is 10.2 Å². The summed E-state index contributed by atoms with van der Waals surface area (Å²) in [6, 6.07) is 16.2. The number of aliphatic hydroxyl groups is 1. The molecule has 0 saturated carbocycles. The van der Waals surface area contributed by atoms with Crippen molar-refractivity contribution >= 4 is 33.7 Å². The lowest BCUT2D eigenvalue weighted by Gasteiger charge is -2.24. The summed E-state index contributed by atoms with van der Waals surface area (Å²) < 4.78 is 2.75. The number of aliphatic imine (C=N–C) groups is 1. The minimum absolute atomic E-state index is 0.0414. The van der Waals surface area contributed by atoms with Crippen LogP contribution in [0.4, 0.5) is 16.4 Å². The van der Waals surface area contributed by atoms with Crippen LogP contribution >= 0.6 is 11.5 Å². The molecule has 0 aliphatic rings. The lowest BCUT2D eigenvalue weighted by atomic mass is 9.95. The average molecular weight is 413 g/mol. The fraction of sp³-hybridized carbons (Fsp3) is 0.238. The highest BCUT2D eigenvalue weighted by molar-refractivity contribution is 7.10. The molecule has 0 radical (unpaired) electrons. The molecule has 0 unspecified atom stereocenters. The summed E-state index contributed by atoms with van der Waals surface area (Å²) in [4.78, 5) is 18.8. The van der Waals surface area contributed by atoms with E-state index in [1.165, 1.54) is 0 Å². The monoisotopic (exact) mass is 412 g/mol. The number of nitrogens with one attached hydrogen (secondary N) is 1. The van der Waals surface area contributed by atoms with Gasteiger partial charge >= 0.3 is 0 Å². The second kappa shape index (κ2) is 8.50. The molecule has 152 valence electrons. The van der Waals surface area contributed by atoms with Crippen LogP contribution in [-0.2, 0) is 0 Å². The highest BCUT2D eigenvalue weighted by Gasteiger charge is 2.24. The smallest absolute Gasteiger partial charge is 0.271 e. The molecule has 0 aliphatic carbocycles. The standard InChI is InChI=1S/C21H24N4O3S/c1-21(2,13-26)12-23-18(22)17-19(28)24-29-20(17)25(14-6-4-3-5-7-14)15-8-10-16(27)11-9-15/h3-11,26-27H,12-13H2,1-2H3,(H2,22,23)(H,24,28). The van der Waals surface area contributed by atoms with E-state index in [2.05, 4.69) is 9.37 Å². The van der Waals surface area contributed by atoms with E-state index in [4.69, 9.17) is 5.73 Å². The molecule has 0 amide bonds. The maximum atomic E-state index is 12.6. The molecular weight excluding hydrogens is 388 g/mol. The molecule has 5 N–H and O–H groups in total. The molecular formula is C21H24N4O3S. The molecule has 3 aromatic rings. The molecule has 1 heterocycles. The van der Waals surface area contributed by atoms with Crippen LogP contribution in [0.25, 0.3) is 0 Å². The first-order valence-corrected chi connectivity index (χ1v) is 9.91. The topological polar surface area (TPSA) is 115 Å². The SMILES string of the molecule is CC(C)(CO)CN=C(N)c1c(N(c2ccccc2)c2ccc(O)cc2)s[nH]c1=O. The number of aromatic hydroxyl groups is 1. The number of nitrogens with two attached hydrogens (primary N) is 1. The van der Waals surface area contributed by atoms with Gasteiger partial charge < -0.3 is 15.9 Å². The zero-order valence-electron chi connectivity index (χ0n) is 16.3. The number of amidine groups is 1. The van der Waals surface area contributed by atoms with Gasteiger partial charge in [-0.15, -0.1) is 0 Å². The second-order valence-electron chi connectivity index (χ2n) is 7.42. The Bertz CT molecular complexity index is 1040. The van der Waals surface area contributed by atoms with Crippen LogP contribution in [-0.4, -0.2) is 33.6 Å². The number of hydrogen-bond donors (Lipinski definition) is 4. The largest absolute Gasteiger partial charge is 0.508 e. The van der Waals surface area contributed by atoms with Crippen LogP contribution in [0.2, 0.25) is 0 Å². The number of aliphatic hydroxyl groups excluding tert-OH is 1. The third-order valence-electron chi connectivity index (χ3n) is 4.37. The molecule has 8 heteroatoms. The lowest BCUT2D eigenvalue weighted by Crippen LogP contribution is -2.27. The summed E-state index contributed by atoms with van der Waals surface area (Å²) in [5.74, 6) is 0.264. The molecule has 3 rings (SSSR count). The first kappa shape index (κ1) is 20.6. The summed E-state index contributed by atoms with van der Waals surface area (Å²) >= 11 is 1.16. The Kier molecular flexibility index (Phi) is 6.05. The van der Waals surface area contributed by atoms with E-state index in [9.17, 15) is 15.0 Å². The van der Waals surface area contributed by atoms with Crippen molar-refractivity contribution in [2.75, 3.05) is 18.1 Å². The molecule has 1 aromatic heterocycles. The van der Waals surface area contributed by atoms with Crippen molar-refractivity contribution in [1.29, 1.82) is 0 Å². The number of rotatable bonds is 7. The Labute approximate surface area is 172 Å². The summed E-state index contributed by atoms with van der Waals surface area (Å²) in [6.45, 7) is 3.99. The zero-order chi connectivity index (χ0) is 21.0. The van der Waals surface area contributed by atoms with E-state index in [0.29, 0.717) is 5.00 Å². The van der Waals surface area contributed by atoms with Crippen molar-refractivity contribution in [3.8, 4) is 5.75 Å². The predicted octanol–water partition coefficient (Wildman–Crippen LogP) is 3.34. The number of anilines is 3. The van der Waals surface area contributed by atoms with Crippen LogP contribution < -0.4 is 16.2 Å². The summed E-state index contributed by atoms with van der Waals surface area (Å²) in [5, 5.41) is 19.7. The number of para-hydroxylation sites is 1. The highest BCUT2D eigenvalue weighted by Crippen LogP contribution is 2.38. The number of H-pyrrole nitrogens is 1. The van der Waals surface area contributed by atoms with Gasteiger partial charge in [-0.25, -0.2) is 0 Å². The molecule has 0 atom stereocenters. The quantitative estimate of drug-likeness (QED) is 0.351. The third-order valence-corrected chi connectivity index (χ3v) is 5.24. The Morgan fingerprint density at radius 2 is 1.76 bits per heavy atom.